The maximum Gasteiger partial charge on any atom is 0.312 e. The summed E-state index contributed by atoms with van der Waals surface area (Å²) >= 11 is 5.94. The minimum atomic E-state index is -0.580. The van der Waals surface area contributed by atoms with E-state index in [0.29, 0.717) is 17.1 Å². The Morgan fingerprint density at radius 3 is 2.33 bits per heavy atom. The Bertz CT molecular complexity index is 705. The molecule has 0 aliphatic rings. The Balaban J connectivity index is 2.49. The van der Waals surface area contributed by atoms with Gasteiger partial charge >= 0.3 is 5.69 Å². The maximum absolute atomic E-state index is 11.1. The first-order chi connectivity index (χ1) is 9.92. The summed E-state index contributed by atoms with van der Waals surface area (Å²) in [5.41, 5.74) is 1.51. The molecule has 0 atom stereocenters. The van der Waals surface area contributed by atoms with E-state index in [1.54, 1.807) is 26.0 Å². The van der Waals surface area contributed by atoms with Crippen molar-refractivity contribution in [3.63, 3.8) is 0 Å². The van der Waals surface area contributed by atoms with Gasteiger partial charge in [0.05, 0.1) is 4.92 Å². The third kappa shape index (κ3) is 3.20. The molecule has 2 rings (SSSR count). The lowest BCUT2D eigenvalue weighted by Gasteiger charge is -2.12. The van der Waals surface area contributed by atoms with Crippen LogP contribution in [0.5, 0.6) is 11.5 Å². The highest BCUT2D eigenvalue weighted by molar-refractivity contribution is 6.30. The second kappa shape index (κ2) is 5.93. The number of ether oxygens (including phenoxy) is 1. The molecule has 5 nitrogen and oxygen atoms in total. The van der Waals surface area contributed by atoms with E-state index >= 15 is 0 Å². The van der Waals surface area contributed by atoms with Gasteiger partial charge in [-0.05, 0) is 49.2 Å². The van der Waals surface area contributed by atoms with Gasteiger partial charge in [0.25, 0.3) is 0 Å². The van der Waals surface area contributed by atoms with Crippen molar-refractivity contribution in [3.05, 3.63) is 62.2 Å². The maximum atomic E-state index is 11.1. The van der Waals surface area contributed by atoms with Crippen LogP contribution in [-0.4, -0.2) is 11.2 Å². The number of rotatable bonds is 4. The Kier molecular flexibility index (Phi) is 4.23. The van der Waals surface area contributed by atoms with Gasteiger partial charge in [-0.3, -0.25) is 14.9 Å². The largest absolute Gasteiger partial charge is 0.450 e. The Hall–Kier alpha value is -2.40. The van der Waals surface area contributed by atoms with Gasteiger partial charge in [0.15, 0.2) is 0 Å². The van der Waals surface area contributed by atoms with Gasteiger partial charge in [-0.2, -0.15) is 0 Å². The summed E-state index contributed by atoms with van der Waals surface area (Å²) in [6.07, 6.45) is 0.551. The highest BCUT2D eigenvalue weighted by Crippen LogP contribution is 2.36. The van der Waals surface area contributed by atoms with Gasteiger partial charge < -0.3 is 4.74 Å². The van der Waals surface area contributed by atoms with E-state index in [4.69, 9.17) is 16.3 Å². The molecule has 0 heterocycles. The van der Waals surface area contributed by atoms with Crippen LogP contribution in [0.25, 0.3) is 0 Å². The van der Waals surface area contributed by atoms with E-state index in [0.717, 1.165) is 11.1 Å². The zero-order valence-electron chi connectivity index (χ0n) is 11.4. The number of aldehydes is 1. The molecule has 2 aromatic rings. The molecule has 0 aliphatic carbocycles. The predicted molar refractivity (Wildman–Crippen MR) is 79.5 cm³/mol. The van der Waals surface area contributed by atoms with Crippen LogP contribution in [-0.2, 0) is 0 Å². The summed E-state index contributed by atoms with van der Waals surface area (Å²) in [5.74, 6) is 0.598. The molecule has 0 aliphatic heterocycles. The Labute approximate surface area is 126 Å². The second-order valence-electron chi connectivity index (χ2n) is 4.57. The molecular weight excluding hydrogens is 294 g/mol. The van der Waals surface area contributed by atoms with Gasteiger partial charge in [-0.25, -0.2) is 0 Å². The molecule has 0 fully saturated rings. The average Bonchev–Trinajstić information content (AvgIpc) is 2.42. The van der Waals surface area contributed by atoms with Crippen molar-refractivity contribution in [2.75, 3.05) is 0 Å². The number of carbonyl (C=O) groups excluding carboxylic acids is 1. The predicted octanol–water partition coefficient (Wildman–Crippen LogP) is 4.47. The lowest BCUT2D eigenvalue weighted by molar-refractivity contribution is -0.385. The zero-order chi connectivity index (χ0) is 15.6. The number of nitrogens with zero attached hydrogens (tertiary/aromatic N) is 1. The Morgan fingerprint density at radius 1 is 1.19 bits per heavy atom. The van der Waals surface area contributed by atoms with Gasteiger partial charge in [-0.1, -0.05) is 11.6 Å². The first-order valence-corrected chi connectivity index (χ1v) is 6.48. The van der Waals surface area contributed by atoms with Crippen molar-refractivity contribution in [2.24, 2.45) is 0 Å². The van der Waals surface area contributed by atoms with Crippen LogP contribution in [0.4, 0.5) is 5.69 Å². The molecule has 6 heteroatoms. The number of halogens is 1. The fraction of sp³-hybridized carbons (Fsp3) is 0.133. The molecule has 0 bridgehead atoms. The van der Waals surface area contributed by atoms with Crippen molar-refractivity contribution in [2.45, 2.75) is 13.8 Å². The second-order valence-corrected chi connectivity index (χ2v) is 5.01. The van der Waals surface area contributed by atoms with Crippen LogP contribution in [0.15, 0.2) is 30.3 Å². The van der Waals surface area contributed by atoms with Crippen LogP contribution < -0.4 is 4.74 Å². The van der Waals surface area contributed by atoms with Crippen molar-refractivity contribution < 1.29 is 14.5 Å². The minimum Gasteiger partial charge on any atom is -0.450 e. The smallest absolute Gasteiger partial charge is 0.312 e. The SMILES string of the molecule is Cc1cc(Cl)cc(C)c1Oc1ccc(C=O)cc1[N+](=O)[O-]. The monoisotopic (exact) mass is 305 g/mol. The summed E-state index contributed by atoms with van der Waals surface area (Å²) in [5, 5.41) is 11.7. The number of nitro groups is 1. The van der Waals surface area contributed by atoms with Crippen LogP contribution in [0.1, 0.15) is 21.5 Å². The molecule has 0 aromatic heterocycles. The highest BCUT2D eigenvalue weighted by atomic mass is 35.5. The summed E-state index contributed by atoms with van der Waals surface area (Å²) in [4.78, 5) is 21.2. The van der Waals surface area contributed by atoms with Crippen LogP contribution >= 0.6 is 11.6 Å². The van der Waals surface area contributed by atoms with Crippen molar-refractivity contribution in [1.29, 1.82) is 0 Å². The van der Waals surface area contributed by atoms with Crippen LogP contribution in [0.2, 0.25) is 5.02 Å². The molecule has 0 saturated heterocycles. The molecule has 21 heavy (non-hydrogen) atoms. The summed E-state index contributed by atoms with van der Waals surface area (Å²) in [6, 6.07) is 7.50. The molecule has 2 aromatic carbocycles. The highest BCUT2D eigenvalue weighted by Gasteiger charge is 2.18. The summed E-state index contributed by atoms with van der Waals surface area (Å²) in [6.45, 7) is 3.61. The summed E-state index contributed by atoms with van der Waals surface area (Å²) < 4.78 is 5.67. The minimum absolute atomic E-state index is 0.0825. The molecule has 0 spiro atoms. The number of carbonyl (C=O) groups is 1. The van der Waals surface area contributed by atoms with Gasteiger partial charge in [0, 0.05) is 16.7 Å². The van der Waals surface area contributed by atoms with E-state index < -0.39 is 4.92 Å². The Morgan fingerprint density at radius 2 is 1.81 bits per heavy atom. The molecule has 108 valence electrons. The zero-order valence-corrected chi connectivity index (χ0v) is 12.2. The first kappa shape index (κ1) is 15.0. The number of hydrogen-bond acceptors (Lipinski definition) is 4. The summed E-state index contributed by atoms with van der Waals surface area (Å²) in [7, 11) is 0. The van der Waals surface area contributed by atoms with Crippen LogP contribution in [0.3, 0.4) is 0 Å². The van der Waals surface area contributed by atoms with Crippen molar-refractivity contribution in [3.8, 4) is 11.5 Å². The number of nitro benzene ring substituents is 1. The standard InChI is InChI=1S/C15H12ClNO4/c1-9-5-12(16)6-10(2)15(9)21-14-4-3-11(8-18)7-13(14)17(19)20/h3-8H,1-2H3. The van der Waals surface area contributed by atoms with E-state index in [1.807, 2.05) is 0 Å². The van der Waals surface area contributed by atoms with E-state index in [1.165, 1.54) is 18.2 Å². The van der Waals surface area contributed by atoms with Gasteiger partial charge in [-0.15, -0.1) is 0 Å². The molecule has 0 saturated carbocycles. The van der Waals surface area contributed by atoms with E-state index in [-0.39, 0.29) is 17.0 Å². The number of aryl methyl sites for hydroxylation is 2. The lowest BCUT2D eigenvalue weighted by atomic mass is 10.1. The quantitative estimate of drug-likeness (QED) is 0.475. The first-order valence-electron chi connectivity index (χ1n) is 6.10. The topological polar surface area (TPSA) is 69.4 Å². The molecule has 0 amide bonds. The third-order valence-corrected chi connectivity index (χ3v) is 3.17. The molecule has 0 unspecified atom stereocenters. The van der Waals surface area contributed by atoms with Crippen molar-refractivity contribution >= 4 is 23.6 Å². The van der Waals surface area contributed by atoms with E-state index in [2.05, 4.69) is 0 Å². The lowest BCUT2D eigenvalue weighted by Crippen LogP contribution is -1.97. The third-order valence-electron chi connectivity index (χ3n) is 2.95. The molecule has 0 N–H and O–H groups in total. The number of benzene rings is 2. The van der Waals surface area contributed by atoms with E-state index in [9.17, 15) is 14.9 Å². The fourth-order valence-electron chi connectivity index (χ4n) is 2.01. The average molecular weight is 306 g/mol. The molecular formula is C15H12ClNO4. The fourth-order valence-corrected chi connectivity index (χ4v) is 2.33. The van der Waals surface area contributed by atoms with Gasteiger partial charge in [0.1, 0.15) is 12.0 Å². The van der Waals surface area contributed by atoms with Crippen molar-refractivity contribution in [1.82, 2.24) is 0 Å². The van der Waals surface area contributed by atoms with Crippen LogP contribution in [0, 0.1) is 24.0 Å². The normalized spacial score (nSPS) is 10.2. The number of hydrogen-bond donors (Lipinski definition) is 0. The van der Waals surface area contributed by atoms with Gasteiger partial charge in [0.2, 0.25) is 5.75 Å². The molecule has 0 radical (unpaired) electrons.